The second-order valence-corrected chi connectivity index (χ2v) is 10.2. The highest BCUT2D eigenvalue weighted by Crippen LogP contribution is 2.40. The zero-order chi connectivity index (χ0) is 22.1. The van der Waals surface area contributed by atoms with Crippen LogP contribution in [0.3, 0.4) is 0 Å². The van der Waals surface area contributed by atoms with Crippen LogP contribution in [-0.2, 0) is 27.8 Å². The van der Waals surface area contributed by atoms with Crippen LogP contribution in [0.5, 0.6) is 5.75 Å². The lowest BCUT2D eigenvalue weighted by atomic mass is 9.85. The Morgan fingerprint density at radius 3 is 2.67 bits per heavy atom. The predicted molar refractivity (Wildman–Crippen MR) is 121 cm³/mol. The largest absolute Gasteiger partial charge is 0.483 e. The van der Waals surface area contributed by atoms with Gasteiger partial charge in [-0.05, 0) is 54.7 Å². The van der Waals surface area contributed by atoms with Crippen LogP contribution in [0.2, 0.25) is 0 Å². The third-order valence-corrected chi connectivity index (χ3v) is 6.63. The fourth-order valence-electron chi connectivity index (χ4n) is 3.82. The highest BCUT2D eigenvalue weighted by Gasteiger charge is 2.29. The fourth-order valence-corrected chi connectivity index (χ4v) is 5.23. The highest BCUT2D eigenvalue weighted by molar-refractivity contribution is 7.17. The first kappa shape index (κ1) is 22.3. The number of ether oxygens (including phenoxy) is 2. The number of methoxy groups -OCH3 is 1. The molecule has 0 saturated carbocycles. The number of aryl methyl sites for hydroxylation is 1. The zero-order valence-corrected chi connectivity index (χ0v) is 19.5. The number of hydrogen-bond acceptors (Lipinski definition) is 5. The van der Waals surface area contributed by atoms with Gasteiger partial charge in [0, 0.05) is 4.88 Å². The van der Waals surface area contributed by atoms with Gasteiger partial charge in [-0.3, -0.25) is 4.79 Å². The van der Waals surface area contributed by atoms with Crippen molar-refractivity contribution in [2.45, 2.75) is 59.3 Å². The fraction of sp³-hybridized carbons (Fsp3) is 0.500. The maximum Gasteiger partial charge on any atom is 0.341 e. The molecule has 1 aliphatic rings. The molecular formula is C24H31NO4S. The Morgan fingerprint density at radius 1 is 1.27 bits per heavy atom. The molecular weight excluding hydrogens is 398 g/mol. The zero-order valence-electron chi connectivity index (χ0n) is 18.7. The summed E-state index contributed by atoms with van der Waals surface area (Å²) in [5.74, 6) is 0.598. The van der Waals surface area contributed by atoms with Gasteiger partial charge in [0.05, 0.1) is 12.7 Å². The van der Waals surface area contributed by atoms with Crippen LogP contribution < -0.4 is 10.1 Å². The molecule has 162 valence electrons. The summed E-state index contributed by atoms with van der Waals surface area (Å²) in [5.41, 5.74) is 3.64. The Balaban J connectivity index is 1.77. The van der Waals surface area contributed by atoms with E-state index in [2.05, 4.69) is 39.1 Å². The van der Waals surface area contributed by atoms with Crippen molar-refractivity contribution in [1.29, 1.82) is 0 Å². The summed E-state index contributed by atoms with van der Waals surface area (Å²) in [6.45, 7) is 10.5. The lowest BCUT2D eigenvalue weighted by Gasteiger charge is -2.23. The molecule has 6 heteroatoms. The molecule has 1 aromatic heterocycles. The van der Waals surface area contributed by atoms with E-state index in [1.54, 1.807) is 0 Å². The van der Waals surface area contributed by atoms with Crippen LogP contribution in [0, 0.1) is 12.8 Å². The summed E-state index contributed by atoms with van der Waals surface area (Å²) in [6.07, 6.45) is 2.80. The molecule has 0 aliphatic heterocycles. The lowest BCUT2D eigenvalue weighted by Crippen LogP contribution is -2.22. The van der Waals surface area contributed by atoms with Crippen molar-refractivity contribution in [1.82, 2.24) is 0 Å². The second kappa shape index (κ2) is 8.80. The van der Waals surface area contributed by atoms with Crippen molar-refractivity contribution in [2.75, 3.05) is 19.0 Å². The number of rotatable bonds is 5. The van der Waals surface area contributed by atoms with Gasteiger partial charge >= 0.3 is 5.97 Å². The van der Waals surface area contributed by atoms with Crippen LogP contribution in [0.15, 0.2) is 18.2 Å². The van der Waals surface area contributed by atoms with Gasteiger partial charge in [0.2, 0.25) is 0 Å². The van der Waals surface area contributed by atoms with Crippen LogP contribution in [0.1, 0.15) is 66.0 Å². The molecule has 30 heavy (non-hydrogen) atoms. The van der Waals surface area contributed by atoms with Crippen LogP contribution in [0.4, 0.5) is 5.00 Å². The topological polar surface area (TPSA) is 64.6 Å². The van der Waals surface area contributed by atoms with Crippen molar-refractivity contribution in [2.24, 2.45) is 5.92 Å². The molecule has 1 atom stereocenters. The van der Waals surface area contributed by atoms with E-state index >= 15 is 0 Å². The molecule has 1 aromatic carbocycles. The minimum atomic E-state index is -0.396. The Morgan fingerprint density at radius 2 is 2.00 bits per heavy atom. The molecule has 0 radical (unpaired) electrons. The molecule has 0 saturated heterocycles. The van der Waals surface area contributed by atoms with E-state index in [1.165, 1.54) is 23.3 Å². The highest BCUT2D eigenvalue weighted by atomic mass is 32.1. The first-order chi connectivity index (χ1) is 14.1. The smallest absolute Gasteiger partial charge is 0.341 e. The Bertz CT molecular complexity index is 955. The minimum Gasteiger partial charge on any atom is -0.483 e. The first-order valence-electron chi connectivity index (χ1n) is 10.4. The number of benzene rings is 1. The number of thiophene rings is 1. The summed E-state index contributed by atoms with van der Waals surface area (Å²) in [6, 6.07) is 5.98. The lowest BCUT2D eigenvalue weighted by molar-refractivity contribution is -0.118. The Hall–Kier alpha value is -2.34. The number of anilines is 1. The van der Waals surface area contributed by atoms with Gasteiger partial charge in [-0.25, -0.2) is 4.79 Å². The van der Waals surface area contributed by atoms with Crippen LogP contribution in [0.25, 0.3) is 0 Å². The predicted octanol–water partition coefficient (Wildman–Crippen LogP) is 5.28. The Kier molecular flexibility index (Phi) is 6.56. The molecule has 0 fully saturated rings. The van der Waals surface area contributed by atoms with E-state index in [9.17, 15) is 9.59 Å². The van der Waals surface area contributed by atoms with Crippen LogP contribution >= 0.6 is 11.3 Å². The van der Waals surface area contributed by atoms with E-state index in [1.807, 2.05) is 19.1 Å². The van der Waals surface area contributed by atoms with Gasteiger partial charge in [-0.2, -0.15) is 0 Å². The van der Waals surface area contributed by atoms with E-state index in [0.29, 0.717) is 22.2 Å². The quantitative estimate of drug-likeness (QED) is 0.657. The van der Waals surface area contributed by atoms with Gasteiger partial charge in [-0.1, -0.05) is 45.4 Å². The standard InChI is InChI=1S/C24H31NO4S/c1-14-8-10-18(17(11-14)24(3,4)5)29-13-20(26)25-22-21(23(27)28-6)16-9-7-15(2)12-19(16)30-22/h8,10-11,15H,7,9,12-13H2,1-6H3,(H,25,26)/t15-/m0/s1. The van der Waals surface area contributed by atoms with Crippen molar-refractivity contribution in [3.8, 4) is 5.75 Å². The second-order valence-electron chi connectivity index (χ2n) is 9.13. The van der Waals surface area contributed by atoms with E-state index in [4.69, 9.17) is 9.47 Å². The number of fused-ring (bicyclic) bond motifs is 1. The number of esters is 1. The summed E-state index contributed by atoms with van der Waals surface area (Å²) in [5, 5.41) is 3.46. The monoisotopic (exact) mass is 429 g/mol. The minimum absolute atomic E-state index is 0.0978. The molecule has 2 aromatic rings. The normalized spacial score (nSPS) is 16.0. The molecule has 0 spiro atoms. The molecule has 3 rings (SSSR count). The summed E-state index contributed by atoms with van der Waals surface area (Å²) >= 11 is 1.48. The number of carbonyl (C=O) groups is 2. The van der Waals surface area contributed by atoms with E-state index < -0.39 is 5.97 Å². The van der Waals surface area contributed by atoms with Gasteiger partial charge < -0.3 is 14.8 Å². The molecule has 1 amide bonds. The number of carbonyl (C=O) groups excluding carboxylic acids is 2. The average molecular weight is 430 g/mol. The molecule has 1 aliphatic carbocycles. The third-order valence-electron chi connectivity index (χ3n) is 5.46. The van der Waals surface area contributed by atoms with Gasteiger partial charge in [0.25, 0.3) is 5.91 Å². The van der Waals surface area contributed by atoms with Crippen LogP contribution in [-0.4, -0.2) is 25.6 Å². The average Bonchev–Trinajstić information content (AvgIpc) is 3.02. The molecule has 0 unspecified atom stereocenters. The number of amides is 1. The van der Waals surface area contributed by atoms with Crippen molar-refractivity contribution < 1.29 is 19.1 Å². The van der Waals surface area contributed by atoms with Crippen molar-refractivity contribution in [3.63, 3.8) is 0 Å². The summed E-state index contributed by atoms with van der Waals surface area (Å²) in [7, 11) is 1.37. The first-order valence-corrected chi connectivity index (χ1v) is 11.2. The summed E-state index contributed by atoms with van der Waals surface area (Å²) in [4.78, 5) is 26.2. The number of nitrogens with one attached hydrogen (secondary N) is 1. The number of hydrogen-bond donors (Lipinski definition) is 1. The Labute approximate surface area is 182 Å². The maximum absolute atomic E-state index is 12.7. The van der Waals surface area contributed by atoms with Crippen molar-refractivity contribution in [3.05, 3.63) is 45.3 Å². The molecule has 5 nitrogen and oxygen atoms in total. The van der Waals surface area contributed by atoms with Gasteiger partial charge in [0.15, 0.2) is 6.61 Å². The maximum atomic E-state index is 12.7. The van der Waals surface area contributed by atoms with Crippen molar-refractivity contribution >= 4 is 28.2 Å². The molecule has 1 heterocycles. The van der Waals surface area contributed by atoms with E-state index in [-0.39, 0.29) is 17.9 Å². The van der Waals surface area contributed by atoms with Gasteiger partial charge in [0.1, 0.15) is 10.8 Å². The third kappa shape index (κ3) is 4.86. The summed E-state index contributed by atoms with van der Waals surface area (Å²) < 4.78 is 10.9. The molecule has 0 bridgehead atoms. The molecule has 1 N–H and O–H groups in total. The van der Waals surface area contributed by atoms with Gasteiger partial charge in [-0.15, -0.1) is 11.3 Å². The van der Waals surface area contributed by atoms with E-state index in [0.717, 1.165) is 36.0 Å². The SMILES string of the molecule is COC(=O)c1c(NC(=O)COc2ccc(C)cc2C(C)(C)C)sc2c1CC[C@H](C)C2.